The Kier molecular flexibility index (Phi) is 1.81. The molecule has 0 radical (unpaired) electrons. The number of aromatic amines is 1. The number of nitrogens with zero attached hydrogens (tertiary/aromatic N) is 5. The molecule has 0 unspecified atom stereocenters. The number of hydrogen-bond acceptors (Lipinski definition) is 4. The topological polar surface area (TPSA) is 72.3 Å². The summed E-state index contributed by atoms with van der Waals surface area (Å²) in [4.78, 5) is 20.5. The summed E-state index contributed by atoms with van der Waals surface area (Å²) in [5, 5.41) is 2.19. The highest BCUT2D eigenvalue weighted by Gasteiger charge is 2.15. The second-order valence-corrected chi connectivity index (χ2v) is 5.11. The predicted molar refractivity (Wildman–Crippen MR) is 81.0 cm³/mol. The lowest BCUT2D eigenvalue weighted by Gasteiger charge is -1.97. The van der Waals surface area contributed by atoms with Crippen molar-refractivity contribution >= 4 is 43.9 Å². The van der Waals surface area contributed by atoms with Gasteiger partial charge in [0.25, 0.3) is 0 Å². The lowest BCUT2D eigenvalue weighted by molar-refractivity contribution is 1.00. The van der Waals surface area contributed by atoms with Gasteiger partial charge < -0.3 is 9.55 Å². The number of hydrogen-bond donors (Lipinski definition) is 1. The molecule has 6 heteroatoms. The van der Waals surface area contributed by atoms with Crippen molar-refractivity contribution < 1.29 is 0 Å². The van der Waals surface area contributed by atoms with Crippen molar-refractivity contribution in [1.29, 1.82) is 0 Å². The van der Waals surface area contributed by atoms with Crippen molar-refractivity contribution in [2.24, 2.45) is 7.05 Å². The summed E-state index contributed by atoms with van der Waals surface area (Å²) < 4.78 is 2.11. The fourth-order valence-electron chi connectivity index (χ4n) is 3.10. The van der Waals surface area contributed by atoms with E-state index in [1.54, 1.807) is 18.9 Å². The molecule has 1 N–H and O–H groups in total. The van der Waals surface area contributed by atoms with E-state index >= 15 is 0 Å². The van der Waals surface area contributed by atoms with Gasteiger partial charge in [-0.25, -0.2) is 19.9 Å². The monoisotopic (exact) mass is 274 g/mol. The molecule has 1 aromatic carbocycles. The normalized spacial score (nSPS) is 12.0. The van der Waals surface area contributed by atoms with E-state index in [4.69, 9.17) is 0 Å². The van der Waals surface area contributed by atoms with Crippen molar-refractivity contribution in [2.45, 2.75) is 0 Å². The molecule has 0 atom stereocenters. The SMILES string of the molecule is Cn1c2cncnc2c2c3[nH]c4cncnc4c3ccc21. The fraction of sp³-hybridized carbons (Fsp3) is 0.0667. The Labute approximate surface area is 118 Å². The van der Waals surface area contributed by atoms with E-state index in [1.165, 1.54) is 0 Å². The summed E-state index contributed by atoms with van der Waals surface area (Å²) in [7, 11) is 2.03. The molecule has 0 fully saturated rings. The molecule has 0 saturated carbocycles. The summed E-state index contributed by atoms with van der Waals surface area (Å²) in [6.07, 6.45) is 6.80. The van der Waals surface area contributed by atoms with E-state index in [0.29, 0.717) is 0 Å². The minimum Gasteiger partial charge on any atom is -0.351 e. The van der Waals surface area contributed by atoms with E-state index in [0.717, 1.165) is 43.9 Å². The van der Waals surface area contributed by atoms with E-state index < -0.39 is 0 Å². The molecule has 4 aromatic heterocycles. The van der Waals surface area contributed by atoms with E-state index in [-0.39, 0.29) is 0 Å². The number of aryl methyl sites for hydroxylation is 1. The third-order valence-electron chi connectivity index (χ3n) is 4.06. The Hall–Kier alpha value is -3.02. The van der Waals surface area contributed by atoms with Crippen molar-refractivity contribution in [3.63, 3.8) is 0 Å². The second kappa shape index (κ2) is 3.54. The van der Waals surface area contributed by atoms with Crippen LogP contribution >= 0.6 is 0 Å². The molecule has 0 bridgehead atoms. The standard InChI is InChI=1S/C15H10N6/c1-21-10-3-2-8-13-9(4-16-6-18-13)20-14(8)12(10)15-11(21)5-17-7-19-15/h2-7,20H,1H3. The molecule has 0 aliphatic carbocycles. The van der Waals surface area contributed by atoms with Gasteiger partial charge in [-0.05, 0) is 12.1 Å². The van der Waals surface area contributed by atoms with Crippen LogP contribution in [0.1, 0.15) is 0 Å². The third-order valence-corrected chi connectivity index (χ3v) is 4.06. The van der Waals surface area contributed by atoms with Gasteiger partial charge >= 0.3 is 0 Å². The van der Waals surface area contributed by atoms with E-state index in [2.05, 4.69) is 41.6 Å². The Balaban J connectivity index is 2.16. The van der Waals surface area contributed by atoms with Gasteiger partial charge in [-0.1, -0.05) is 0 Å². The largest absolute Gasteiger partial charge is 0.351 e. The fourth-order valence-corrected chi connectivity index (χ4v) is 3.10. The molecule has 0 saturated heterocycles. The summed E-state index contributed by atoms with van der Waals surface area (Å²) >= 11 is 0. The Bertz CT molecular complexity index is 1150. The van der Waals surface area contributed by atoms with Gasteiger partial charge in [0.2, 0.25) is 0 Å². The zero-order valence-corrected chi connectivity index (χ0v) is 11.2. The molecule has 0 aliphatic heterocycles. The van der Waals surface area contributed by atoms with E-state index in [1.807, 2.05) is 13.2 Å². The highest BCUT2D eigenvalue weighted by atomic mass is 15.0. The Morgan fingerprint density at radius 1 is 0.952 bits per heavy atom. The maximum atomic E-state index is 4.46. The third kappa shape index (κ3) is 1.22. The first kappa shape index (κ1) is 10.7. The van der Waals surface area contributed by atoms with Crippen molar-refractivity contribution in [3.8, 4) is 0 Å². The van der Waals surface area contributed by atoms with Gasteiger partial charge in [0.15, 0.2) is 0 Å². The van der Waals surface area contributed by atoms with Gasteiger partial charge in [-0.2, -0.15) is 0 Å². The lowest BCUT2D eigenvalue weighted by Crippen LogP contribution is -1.87. The van der Waals surface area contributed by atoms with Crippen LogP contribution in [0, 0.1) is 0 Å². The number of nitrogens with one attached hydrogen (secondary N) is 1. The molecule has 6 nitrogen and oxygen atoms in total. The summed E-state index contributed by atoms with van der Waals surface area (Å²) in [5.41, 5.74) is 6.01. The summed E-state index contributed by atoms with van der Waals surface area (Å²) in [6, 6.07) is 4.20. The van der Waals surface area contributed by atoms with Crippen molar-refractivity contribution in [2.75, 3.05) is 0 Å². The van der Waals surface area contributed by atoms with Crippen molar-refractivity contribution in [3.05, 3.63) is 37.2 Å². The zero-order chi connectivity index (χ0) is 14.0. The summed E-state index contributed by atoms with van der Waals surface area (Å²) in [6.45, 7) is 0. The molecule has 5 aromatic rings. The molecule has 5 rings (SSSR count). The number of benzene rings is 1. The van der Waals surface area contributed by atoms with Crippen LogP contribution < -0.4 is 0 Å². The molecule has 0 amide bonds. The quantitative estimate of drug-likeness (QED) is 0.471. The van der Waals surface area contributed by atoms with E-state index in [9.17, 15) is 0 Å². The molecular weight excluding hydrogens is 264 g/mol. The molecule has 100 valence electrons. The van der Waals surface area contributed by atoms with Crippen LogP contribution in [0.5, 0.6) is 0 Å². The minimum absolute atomic E-state index is 0.936. The first-order valence-electron chi connectivity index (χ1n) is 6.63. The van der Waals surface area contributed by atoms with Crippen molar-refractivity contribution in [1.82, 2.24) is 29.5 Å². The van der Waals surface area contributed by atoms with Crippen LogP contribution in [-0.2, 0) is 7.05 Å². The molecule has 0 aliphatic rings. The maximum absolute atomic E-state index is 4.46. The summed E-state index contributed by atoms with van der Waals surface area (Å²) in [5.74, 6) is 0. The van der Waals surface area contributed by atoms with Crippen LogP contribution in [-0.4, -0.2) is 29.5 Å². The average Bonchev–Trinajstić information content (AvgIpc) is 3.04. The highest BCUT2D eigenvalue weighted by molar-refractivity contribution is 6.22. The van der Waals surface area contributed by atoms with Crippen LogP contribution in [0.25, 0.3) is 43.9 Å². The molecule has 21 heavy (non-hydrogen) atoms. The van der Waals surface area contributed by atoms with Crippen LogP contribution in [0.4, 0.5) is 0 Å². The first-order chi connectivity index (χ1) is 10.3. The average molecular weight is 274 g/mol. The number of aromatic nitrogens is 6. The van der Waals surface area contributed by atoms with Crippen LogP contribution in [0.3, 0.4) is 0 Å². The van der Waals surface area contributed by atoms with Gasteiger partial charge in [-0.3, -0.25) is 0 Å². The molecule has 4 heterocycles. The Morgan fingerprint density at radius 2 is 1.76 bits per heavy atom. The van der Waals surface area contributed by atoms with Gasteiger partial charge in [-0.15, -0.1) is 0 Å². The smallest absolute Gasteiger partial charge is 0.116 e. The predicted octanol–water partition coefficient (Wildman–Crippen LogP) is 2.55. The minimum atomic E-state index is 0.936. The van der Waals surface area contributed by atoms with Crippen LogP contribution in [0.2, 0.25) is 0 Å². The molecule has 0 spiro atoms. The lowest BCUT2D eigenvalue weighted by atomic mass is 10.1. The highest BCUT2D eigenvalue weighted by Crippen LogP contribution is 2.34. The number of H-pyrrole nitrogens is 1. The van der Waals surface area contributed by atoms with Gasteiger partial charge in [0, 0.05) is 12.4 Å². The first-order valence-corrected chi connectivity index (χ1v) is 6.63. The van der Waals surface area contributed by atoms with Crippen LogP contribution in [0.15, 0.2) is 37.2 Å². The number of fused-ring (bicyclic) bond motifs is 7. The Morgan fingerprint density at radius 3 is 2.67 bits per heavy atom. The van der Waals surface area contributed by atoms with Gasteiger partial charge in [0.05, 0.1) is 45.4 Å². The maximum Gasteiger partial charge on any atom is 0.116 e. The number of rotatable bonds is 0. The second-order valence-electron chi connectivity index (χ2n) is 5.11. The zero-order valence-electron chi connectivity index (χ0n) is 11.2. The molecular formula is C15H10N6. The van der Waals surface area contributed by atoms with Gasteiger partial charge in [0.1, 0.15) is 18.2 Å².